The summed E-state index contributed by atoms with van der Waals surface area (Å²) in [4.78, 5) is 23.2. The van der Waals surface area contributed by atoms with E-state index in [0.29, 0.717) is 23.5 Å². The molecule has 3 rings (SSSR count). The highest BCUT2D eigenvalue weighted by atomic mass is 16.5. The molecule has 0 heterocycles. The van der Waals surface area contributed by atoms with Gasteiger partial charge in [-0.15, -0.1) is 0 Å². The molecule has 0 aromatic heterocycles. The lowest BCUT2D eigenvalue weighted by Crippen LogP contribution is -2.01. The maximum absolute atomic E-state index is 12.4. The molecule has 0 amide bonds. The Morgan fingerprint density at radius 3 is 2.27 bits per heavy atom. The van der Waals surface area contributed by atoms with Crippen molar-refractivity contribution in [2.24, 2.45) is 0 Å². The van der Waals surface area contributed by atoms with Crippen LogP contribution in [0.1, 0.15) is 27.0 Å². The van der Waals surface area contributed by atoms with Crippen LogP contribution >= 0.6 is 0 Å². The summed E-state index contributed by atoms with van der Waals surface area (Å²) >= 11 is 0. The molecule has 1 N–H and O–H groups in total. The Morgan fingerprint density at radius 2 is 1.53 bits per heavy atom. The van der Waals surface area contributed by atoms with Gasteiger partial charge in [0, 0.05) is 11.1 Å². The molecular weight excluding hydrogens is 376 g/mol. The number of aliphatic carboxylic acids is 1. The molecule has 3 aromatic rings. The molecule has 0 saturated heterocycles. The summed E-state index contributed by atoms with van der Waals surface area (Å²) in [5.74, 6) is -0.365. The standard InChI is InChI=1S/C26H22O4/c27-24(22-14-12-21(13-15-22)19-26(28)29)17-16-23-10-4-5-11-25(23)30-18-6-9-20-7-2-1-3-8-20/h1-17H,18-19H2,(H,28,29). The van der Waals surface area contributed by atoms with Crippen molar-refractivity contribution >= 4 is 23.9 Å². The van der Waals surface area contributed by atoms with Crippen LogP contribution in [-0.2, 0) is 11.2 Å². The van der Waals surface area contributed by atoms with Crippen LogP contribution < -0.4 is 4.74 Å². The number of benzene rings is 3. The van der Waals surface area contributed by atoms with E-state index in [1.807, 2.05) is 66.7 Å². The number of carboxylic acids is 1. The molecule has 0 spiro atoms. The van der Waals surface area contributed by atoms with Crippen molar-refractivity contribution in [1.82, 2.24) is 0 Å². The fraction of sp³-hybridized carbons (Fsp3) is 0.0769. The molecule has 0 aliphatic carbocycles. The smallest absolute Gasteiger partial charge is 0.307 e. The van der Waals surface area contributed by atoms with E-state index in [0.717, 1.165) is 11.1 Å². The zero-order valence-corrected chi connectivity index (χ0v) is 16.4. The lowest BCUT2D eigenvalue weighted by molar-refractivity contribution is -0.136. The predicted molar refractivity (Wildman–Crippen MR) is 119 cm³/mol. The Kier molecular flexibility index (Phi) is 7.34. The fourth-order valence-electron chi connectivity index (χ4n) is 2.86. The molecular formula is C26H22O4. The maximum atomic E-state index is 12.4. The van der Waals surface area contributed by atoms with Crippen molar-refractivity contribution in [3.05, 3.63) is 113 Å². The average Bonchev–Trinajstić information content (AvgIpc) is 2.76. The number of hydrogen-bond acceptors (Lipinski definition) is 3. The molecule has 4 nitrogen and oxygen atoms in total. The summed E-state index contributed by atoms with van der Waals surface area (Å²) in [6.45, 7) is 0.415. The largest absolute Gasteiger partial charge is 0.489 e. The van der Waals surface area contributed by atoms with Crippen molar-refractivity contribution in [2.75, 3.05) is 6.61 Å². The van der Waals surface area contributed by atoms with Gasteiger partial charge in [-0.2, -0.15) is 0 Å². The molecule has 0 fully saturated rings. The number of ether oxygens (including phenoxy) is 1. The summed E-state index contributed by atoms with van der Waals surface area (Å²) in [6, 6.07) is 24.1. The molecule has 0 bridgehead atoms. The van der Waals surface area contributed by atoms with E-state index in [1.165, 1.54) is 6.08 Å². The average molecular weight is 398 g/mol. The number of allylic oxidation sites excluding steroid dienone is 1. The van der Waals surface area contributed by atoms with Gasteiger partial charge in [-0.3, -0.25) is 9.59 Å². The minimum absolute atomic E-state index is 0.0618. The molecule has 150 valence electrons. The summed E-state index contributed by atoms with van der Waals surface area (Å²) in [6.07, 6.45) is 7.10. The monoisotopic (exact) mass is 398 g/mol. The Balaban J connectivity index is 1.62. The normalized spacial score (nSPS) is 11.1. The van der Waals surface area contributed by atoms with Gasteiger partial charge >= 0.3 is 5.97 Å². The zero-order valence-electron chi connectivity index (χ0n) is 16.4. The van der Waals surface area contributed by atoms with Gasteiger partial charge < -0.3 is 9.84 Å². The van der Waals surface area contributed by atoms with E-state index in [9.17, 15) is 9.59 Å². The topological polar surface area (TPSA) is 63.6 Å². The highest BCUT2D eigenvalue weighted by Gasteiger charge is 2.05. The second kappa shape index (κ2) is 10.6. The van der Waals surface area contributed by atoms with E-state index in [4.69, 9.17) is 9.84 Å². The molecule has 4 heteroatoms. The Bertz CT molecular complexity index is 1050. The Labute approximate surface area is 175 Å². The third kappa shape index (κ3) is 6.31. The van der Waals surface area contributed by atoms with Crippen molar-refractivity contribution in [3.8, 4) is 5.75 Å². The van der Waals surface area contributed by atoms with Crippen molar-refractivity contribution < 1.29 is 19.4 Å². The van der Waals surface area contributed by atoms with E-state index in [1.54, 1.807) is 30.3 Å². The van der Waals surface area contributed by atoms with Crippen LogP contribution in [0.25, 0.3) is 12.2 Å². The van der Waals surface area contributed by atoms with Crippen molar-refractivity contribution in [3.63, 3.8) is 0 Å². The van der Waals surface area contributed by atoms with E-state index in [2.05, 4.69) is 0 Å². The van der Waals surface area contributed by atoms with Gasteiger partial charge in [0.15, 0.2) is 5.78 Å². The van der Waals surface area contributed by atoms with Gasteiger partial charge in [-0.25, -0.2) is 0 Å². The first-order valence-corrected chi connectivity index (χ1v) is 9.58. The van der Waals surface area contributed by atoms with Gasteiger partial charge in [-0.1, -0.05) is 78.9 Å². The third-order valence-electron chi connectivity index (χ3n) is 4.37. The van der Waals surface area contributed by atoms with Gasteiger partial charge in [0.2, 0.25) is 0 Å². The molecule has 0 saturated carbocycles. The number of hydrogen-bond donors (Lipinski definition) is 1. The molecule has 3 aromatic carbocycles. The SMILES string of the molecule is O=C(O)Cc1ccc(C(=O)C=Cc2ccccc2OCC=Cc2ccccc2)cc1. The van der Waals surface area contributed by atoms with E-state index in [-0.39, 0.29) is 12.2 Å². The van der Waals surface area contributed by atoms with Crippen LogP contribution in [0.15, 0.2) is 91.0 Å². The fourth-order valence-corrected chi connectivity index (χ4v) is 2.86. The first-order chi connectivity index (χ1) is 14.6. The van der Waals surface area contributed by atoms with Crippen molar-refractivity contribution in [2.45, 2.75) is 6.42 Å². The van der Waals surface area contributed by atoms with Crippen LogP contribution in [0.5, 0.6) is 5.75 Å². The second-order valence-electron chi connectivity index (χ2n) is 6.63. The maximum Gasteiger partial charge on any atom is 0.307 e. The minimum atomic E-state index is -0.899. The summed E-state index contributed by atoms with van der Waals surface area (Å²) < 4.78 is 5.84. The van der Waals surface area contributed by atoms with Crippen LogP contribution in [0.3, 0.4) is 0 Å². The summed E-state index contributed by atoms with van der Waals surface area (Å²) in [5.41, 5.74) is 3.07. The number of para-hydroxylation sites is 1. The lowest BCUT2D eigenvalue weighted by atomic mass is 10.1. The highest BCUT2D eigenvalue weighted by molar-refractivity contribution is 6.07. The first-order valence-electron chi connectivity index (χ1n) is 9.58. The van der Waals surface area contributed by atoms with Crippen LogP contribution in [0, 0.1) is 0 Å². The molecule has 0 aliphatic heterocycles. The molecule has 0 unspecified atom stereocenters. The van der Waals surface area contributed by atoms with Gasteiger partial charge in [-0.05, 0) is 35.4 Å². The number of carbonyl (C=O) groups is 2. The third-order valence-corrected chi connectivity index (χ3v) is 4.37. The van der Waals surface area contributed by atoms with Crippen molar-refractivity contribution in [1.29, 1.82) is 0 Å². The van der Waals surface area contributed by atoms with Gasteiger partial charge in [0.05, 0.1) is 6.42 Å². The highest BCUT2D eigenvalue weighted by Crippen LogP contribution is 2.20. The van der Waals surface area contributed by atoms with Gasteiger partial charge in [0.1, 0.15) is 12.4 Å². The van der Waals surface area contributed by atoms with Gasteiger partial charge in [0.25, 0.3) is 0 Å². The molecule has 0 atom stereocenters. The lowest BCUT2D eigenvalue weighted by Gasteiger charge is -2.07. The molecule has 0 radical (unpaired) electrons. The van der Waals surface area contributed by atoms with E-state index < -0.39 is 5.97 Å². The summed E-state index contributed by atoms with van der Waals surface area (Å²) in [7, 11) is 0. The number of carboxylic acid groups (broad SMARTS) is 1. The zero-order chi connectivity index (χ0) is 21.2. The molecule has 0 aliphatic rings. The predicted octanol–water partition coefficient (Wildman–Crippen LogP) is 5.30. The Hall–Kier alpha value is -3.92. The summed E-state index contributed by atoms with van der Waals surface area (Å²) in [5, 5.41) is 8.82. The van der Waals surface area contributed by atoms with E-state index >= 15 is 0 Å². The minimum Gasteiger partial charge on any atom is -0.489 e. The first kappa shape index (κ1) is 20.8. The van der Waals surface area contributed by atoms with Crippen LogP contribution in [-0.4, -0.2) is 23.5 Å². The number of carbonyl (C=O) groups excluding carboxylic acids is 1. The Morgan fingerprint density at radius 1 is 0.833 bits per heavy atom. The molecule has 30 heavy (non-hydrogen) atoms. The number of ketones is 1. The second-order valence-corrected chi connectivity index (χ2v) is 6.63. The number of rotatable bonds is 9. The van der Waals surface area contributed by atoms with Crippen LogP contribution in [0.4, 0.5) is 0 Å². The van der Waals surface area contributed by atoms with Crippen LogP contribution in [0.2, 0.25) is 0 Å². The quantitative estimate of drug-likeness (QED) is 0.392.